The number of aromatic nitrogens is 1. The summed E-state index contributed by atoms with van der Waals surface area (Å²) in [6, 6.07) is 20.9. The Hall–Kier alpha value is -2.35. The fourth-order valence-electron chi connectivity index (χ4n) is 2.86. The van der Waals surface area contributed by atoms with Gasteiger partial charge in [0.25, 0.3) is 0 Å². The SMILES string of the molecule is Cc1cccnc1Oc1ccc(CC[C@H](O)NCC(O)COc2ccccc2)cc1.Cl.Cl. The van der Waals surface area contributed by atoms with Crippen LogP contribution < -0.4 is 14.8 Å². The molecule has 0 radical (unpaired) electrons. The second-order valence-electron chi connectivity index (χ2n) is 7.11. The lowest BCUT2D eigenvalue weighted by atomic mass is 10.1. The molecule has 0 amide bonds. The number of nitrogens with one attached hydrogen (secondary N) is 1. The average molecular weight is 481 g/mol. The molecule has 3 N–H and O–H groups in total. The first-order valence-corrected chi connectivity index (χ1v) is 10.1. The van der Waals surface area contributed by atoms with E-state index in [0.717, 1.165) is 16.9 Å². The molecule has 0 spiro atoms. The largest absolute Gasteiger partial charge is 0.491 e. The Bertz CT molecular complexity index is 898. The predicted octanol–water partition coefficient (Wildman–Crippen LogP) is 4.31. The molecule has 32 heavy (non-hydrogen) atoms. The van der Waals surface area contributed by atoms with Crippen LogP contribution in [0, 0.1) is 6.92 Å². The van der Waals surface area contributed by atoms with Gasteiger partial charge in [0.2, 0.25) is 5.88 Å². The monoisotopic (exact) mass is 480 g/mol. The molecule has 1 unspecified atom stereocenters. The van der Waals surface area contributed by atoms with Gasteiger partial charge < -0.3 is 19.7 Å². The highest BCUT2D eigenvalue weighted by molar-refractivity contribution is 5.85. The summed E-state index contributed by atoms with van der Waals surface area (Å²) in [6.07, 6.45) is 1.53. The Morgan fingerprint density at radius 1 is 0.906 bits per heavy atom. The van der Waals surface area contributed by atoms with E-state index >= 15 is 0 Å². The zero-order chi connectivity index (χ0) is 21.2. The van der Waals surface area contributed by atoms with Gasteiger partial charge >= 0.3 is 0 Å². The molecule has 0 saturated heterocycles. The second kappa shape index (κ2) is 14.7. The van der Waals surface area contributed by atoms with E-state index in [0.29, 0.717) is 24.5 Å². The van der Waals surface area contributed by atoms with Gasteiger partial charge in [-0.2, -0.15) is 0 Å². The highest BCUT2D eigenvalue weighted by Crippen LogP contribution is 2.22. The van der Waals surface area contributed by atoms with Crippen LogP contribution in [0.2, 0.25) is 0 Å². The van der Waals surface area contributed by atoms with Gasteiger partial charge in [0.05, 0.1) is 0 Å². The molecule has 8 heteroatoms. The summed E-state index contributed by atoms with van der Waals surface area (Å²) in [4.78, 5) is 4.23. The Morgan fingerprint density at radius 2 is 1.62 bits per heavy atom. The quantitative estimate of drug-likeness (QED) is 0.354. The van der Waals surface area contributed by atoms with Crippen LogP contribution in [0.15, 0.2) is 72.9 Å². The third kappa shape index (κ3) is 9.42. The van der Waals surface area contributed by atoms with E-state index in [1.165, 1.54) is 0 Å². The summed E-state index contributed by atoms with van der Waals surface area (Å²) in [5.41, 5.74) is 2.07. The normalized spacial score (nSPS) is 12.1. The van der Waals surface area contributed by atoms with Crippen LogP contribution in [-0.2, 0) is 6.42 Å². The van der Waals surface area contributed by atoms with Gasteiger partial charge in [-0.3, -0.25) is 5.32 Å². The molecule has 0 aliphatic heterocycles. The predicted molar refractivity (Wildman–Crippen MR) is 130 cm³/mol. The van der Waals surface area contributed by atoms with Crippen LogP contribution >= 0.6 is 24.8 Å². The lowest BCUT2D eigenvalue weighted by Crippen LogP contribution is -2.38. The van der Waals surface area contributed by atoms with Crippen molar-refractivity contribution in [1.82, 2.24) is 10.3 Å². The number of para-hydroxylation sites is 1. The van der Waals surface area contributed by atoms with Crippen LogP contribution in [-0.4, -0.2) is 40.7 Å². The van der Waals surface area contributed by atoms with Crippen molar-refractivity contribution in [3.63, 3.8) is 0 Å². The molecular formula is C24H30Cl2N2O4. The number of aryl methyl sites for hydroxylation is 2. The second-order valence-corrected chi connectivity index (χ2v) is 7.11. The molecule has 0 saturated carbocycles. The minimum absolute atomic E-state index is 0. The standard InChI is InChI=1S/C24H28N2O4.2ClH/c1-18-6-5-15-25-24(18)30-22-12-9-19(10-13-22)11-14-23(28)26-16-20(27)17-29-21-7-3-2-4-8-21;;/h2-10,12-13,15,20,23,26-28H,11,14,16-17H2,1H3;2*1H/t20?,23-;;/m0../s1. The molecule has 6 nitrogen and oxygen atoms in total. The van der Waals surface area contributed by atoms with E-state index in [4.69, 9.17) is 9.47 Å². The van der Waals surface area contributed by atoms with Gasteiger partial charge in [-0.25, -0.2) is 4.98 Å². The first kappa shape index (κ1) is 27.7. The molecule has 0 bridgehead atoms. The fraction of sp³-hybridized carbons (Fsp3) is 0.292. The number of ether oxygens (including phenoxy) is 2. The third-order valence-electron chi connectivity index (χ3n) is 4.58. The number of halogens is 2. The molecule has 174 valence electrons. The summed E-state index contributed by atoms with van der Waals surface area (Å²) in [7, 11) is 0. The lowest BCUT2D eigenvalue weighted by Gasteiger charge is -2.17. The summed E-state index contributed by atoms with van der Waals surface area (Å²) < 4.78 is 11.3. The number of nitrogens with zero attached hydrogens (tertiary/aromatic N) is 1. The maximum atomic E-state index is 10.1. The molecular weight excluding hydrogens is 451 g/mol. The van der Waals surface area contributed by atoms with Crippen LogP contribution in [0.4, 0.5) is 0 Å². The number of rotatable bonds is 11. The van der Waals surface area contributed by atoms with E-state index in [1.807, 2.05) is 73.7 Å². The third-order valence-corrected chi connectivity index (χ3v) is 4.58. The van der Waals surface area contributed by atoms with Crippen LogP contribution in [0.5, 0.6) is 17.4 Å². The topological polar surface area (TPSA) is 83.8 Å². The van der Waals surface area contributed by atoms with E-state index < -0.39 is 12.3 Å². The first-order valence-electron chi connectivity index (χ1n) is 10.1. The Morgan fingerprint density at radius 3 is 2.31 bits per heavy atom. The van der Waals surface area contributed by atoms with Crippen molar-refractivity contribution in [2.45, 2.75) is 32.1 Å². The molecule has 0 aliphatic carbocycles. The number of pyridine rings is 1. The van der Waals surface area contributed by atoms with Crippen molar-refractivity contribution in [1.29, 1.82) is 0 Å². The molecule has 3 rings (SSSR count). The molecule has 1 heterocycles. The van der Waals surface area contributed by atoms with Crippen LogP contribution in [0.25, 0.3) is 0 Å². The lowest BCUT2D eigenvalue weighted by molar-refractivity contribution is 0.0711. The number of aliphatic hydroxyl groups is 2. The Kier molecular flexibility index (Phi) is 12.7. The summed E-state index contributed by atoms with van der Waals surface area (Å²) in [5.74, 6) is 2.03. The van der Waals surface area contributed by atoms with Gasteiger partial charge in [0.1, 0.15) is 30.4 Å². The molecule has 1 aromatic heterocycles. The van der Waals surface area contributed by atoms with Gasteiger partial charge in [0.15, 0.2) is 0 Å². The van der Waals surface area contributed by atoms with Crippen molar-refractivity contribution in [3.05, 3.63) is 84.1 Å². The van der Waals surface area contributed by atoms with E-state index in [9.17, 15) is 10.2 Å². The van der Waals surface area contributed by atoms with Crippen molar-refractivity contribution < 1.29 is 19.7 Å². The summed E-state index contributed by atoms with van der Waals surface area (Å²) >= 11 is 0. The van der Waals surface area contributed by atoms with Gasteiger partial charge in [0, 0.05) is 18.3 Å². The number of hydrogen-bond acceptors (Lipinski definition) is 6. The van der Waals surface area contributed by atoms with E-state index in [2.05, 4.69) is 10.3 Å². The van der Waals surface area contributed by atoms with Crippen LogP contribution in [0.3, 0.4) is 0 Å². The average Bonchev–Trinajstić information content (AvgIpc) is 2.78. The minimum atomic E-state index is -0.705. The minimum Gasteiger partial charge on any atom is -0.491 e. The zero-order valence-electron chi connectivity index (χ0n) is 17.9. The Labute approximate surface area is 201 Å². The maximum Gasteiger partial charge on any atom is 0.222 e. The molecule has 2 atom stereocenters. The maximum absolute atomic E-state index is 10.1. The van der Waals surface area contributed by atoms with E-state index in [-0.39, 0.29) is 38.0 Å². The van der Waals surface area contributed by atoms with Gasteiger partial charge in [-0.1, -0.05) is 36.4 Å². The first-order chi connectivity index (χ1) is 14.6. The molecule has 3 aromatic rings. The fourth-order valence-corrected chi connectivity index (χ4v) is 2.86. The highest BCUT2D eigenvalue weighted by atomic mass is 35.5. The van der Waals surface area contributed by atoms with Gasteiger partial charge in [-0.05, 0) is 55.7 Å². The number of hydrogen-bond donors (Lipinski definition) is 3. The summed E-state index contributed by atoms with van der Waals surface area (Å²) in [5, 5.41) is 23.1. The number of benzene rings is 2. The smallest absolute Gasteiger partial charge is 0.222 e. The van der Waals surface area contributed by atoms with E-state index in [1.54, 1.807) is 6.20 Å². The Balaban J connectivity index is 0.00000256. The van der Waals surface area contributed by atoms with Crippen molar-refractivity contribution in [2.24, 2.45) is 0 Å². The number of aliphatic hydroxyl groups excluding tert-OH is 2. The molecule has 2 aromatic carbocycles. The zero-order valence-corrected chi connectivity index (χ0v) is 19.5. The summed E-state index contributed by atoms with van der Waals surface area (Å²) in [6.45, 7) is 2.38. The van der Waals surface area contributed by atoms with Gasteiger partial charge in [-0.15, -0.1) is 24.8 Å². The van der Waals surface area contributed by atoms with Crippen LogP contribution in [0.1, 0.15) is 17.5 Å². The highest BCUT2D eigenvalue weighted by Gasteiger charge is 2.10. The molecule has 0 aliphatic rings. The van der Waals surface area contributed by atoms with Crippen molar-refractivity contribution in [3.8, 4) is 17.4 Å². The van der Waals surface area contributed by atoms with Crippen molar-refractivity contribution in [2.75, 3.05) is 13.2 Å². The molecule has 0 fully saturated rings. The van der Waals surface area contributed by atoms with Crippen molar-refractivity contribution >= 4 is 24.8 Å².